The molecule has 20 heavy (non-hydrogen) atoms. The summed E-state index contributed by atoms with van der Waals surface area (Å²) in [6, 6.07) is 9.70. The summed E-state index contributed by atoms with van der Waals surface area (Å²) in [6.07, 6.45) is 0. The molecule has 0 aliphatic rings. The standard InChI is InChI=1S/C14H12Cl2NO2S/c1-9-3-4-10(2)13(7-9)17-20(18,19)14-8-11(15)5-6-12(14)16/h3-8H,1-2H3/q-1. The van der Waals surface area contributed by atoms with Crippen LogP contribution in [-0.4, -0.2) is 8.42 Å². The molecule has 3 nitrogen and oxygen atoms in total. The Balaban J connectivity index is 2.46. The lowest BCUT2D eigenvalue weighted by molar-refractivity contribution is 0.603. The van der Waals surface area contributed by atoms with Crippen LogP contribution in [-0.2, 0) is 10.0 Å². The van der Waals surface area contributed by atoms with Crippen molar-refractivity contribution in [2.75, 3.05) is 0 Å². The number of benzene rings is 2. The zero-order valence-electron chi connectivity index (χ0n) is 10.9. The van der Waals surface area contributed by atoms with Gasteiger partial charge < -0.3 is 4.72 Å². The smallest absolute Gasteiger partial charge is 0.124 e. The monoisotopic (exact) mass is 328 g/mol. The second-order valence-corrected chi connectivity index (χ2v) is 6.85. The lowest BCUT2D eigenvalue weighted by Crippen LogP contribution is -1.99. The maximum atomic E-state index is 12.3. The molecule has 2 aromatic carbocycles. The van der Waals surface area contributed by atoms with Crippen molar-refractivity contribution in [3.8, 4) is 0 Å². The molecule has 0 N–H and O–H groups in total. The van der Waals surface area contributed by atoms with E-state index in [2.05, 4.69) is 4.72 Å². The molecule has 2 rings (SSSR count). The highest BCUT2D eigenvalue weighted by Crippen LogP contribution is 2.35. The van der Waals surface area contributed by atoms with Crippen molar-refractivity contribution in [1.82, 2.24) is 0 Å². The fourth-order valence-corrected chi connectivity index (χ4v) is 3.46. The van der Waals surface area contributed by atoms with Crippen LogP contribution in [0.15, 0.2) is 41.3 Å². The summed E-state index contributed by atoms with van der Waals surface area (Å²) in [5, 5.41) is 0.396. The Morgan fingerprint density at radius 1 is 1.00 bits per heavy atom. The van der Waals surface area contributed by atoms with E-state index in [0.29, 0.717) is 10.7 Å². The maximum Gasteiger partial charge on any atom is 0.124 e. The molecule has 6 heteroatoms. The zero-order chi connectivity index (χ0) is 14.9. The van der Waals surface area contributed by atoms with E-state index >= 15 is 0 Å². The number of hydrogen-bond donors (Lipinski definition) is 0. The van der Waals surface area contributed by atoms with Crippen molar-refractivity contribution >= 4 is 38.9 Å². The number of hydrogen-bond acceptors (Lipinski definition) is 2. The fraction of sp³-hybridized carbons (Fsp3) is 0.143. The van der Waals surface area contributed by atoms with E-state index in [4.69, 9.17) is 23.2 Å². The highest BCUT2D eigenvalue weighted by atomic mass is 35.5. The Kier molecular flexibility index (Phi) is 4.28. The van der Waals surface area contributed by atoms with Crippen LogP contribution in [0.4, 0.5) is 5.69 Å². The lowest BCUT2D eigenvalue weighted by atomic mass is 10.1. The normalized spacial score (nSPS) is 11.4. The van der Waals surface area contributed by atoms with E-state index in [1.54, 1.807) is 13.0 Å². The Morgan fingerprint density at radius 3 is 2.40 bits per heavy atom. The van der Waals surface area contributed by atoms with E-state index in [1.807, 2.05) is 19.1 Å². The summed E-state index contributed by atoms with van der Waals surface area (Å²) in [4.78, 5) is -0.0902. The molecule has 0 aliphatic carbocycles. The van der Waals surface area contributed by atoms with Gasteiger partial charge in [0.05, 0.1) is 9.92 Å². The van der Waals surface area contributed by atoms with Crippen LogP contribution in [0.5, 0.6) is 0 Å². The van der Waals surface area contributed by atoms with Gasteiger partial charge in [-0.25, -0.2) is 8.42 Å². The van der Waals surface area contributed by atoms with Crippen LogP contribution in [0.1, 0.15) is 11.1 Å². The Morgan fingerprint density at radius 2 is 1.70 bits per heavy atom. The summed E-state index contributed by atoms with van der Waals surface area (Å²) in [6.45, 7) is 3.67. The predicted molar refractivity (Wildman–Crippen MR) is 82.6 cm³/mol. The highest BCUT2D eigenvalue weighted by molar-refractivity contribution is 7.94. The molecule has 0 spiro atoms. The third-order valence-electron chi connectivity index (χ3n) is 2.75. The number of nitrogens with zero attached hydrogens (tertiary/aromatic N) is 1. The first-order valence-electron chi connectivity index (χ1n) is 5.80. The van der Waals surface area contributed by atoms with E-state index in [0.717, 1.165) is 11.1 Å². The first-order valence-corrected chi connectivity index (χ1v) is 7.99. The number of sulfonamides is 1. The van der Waals surface area contributed by atoms with Crippen molar-refractivity contribution in [2.24, 2.45) is 0 Å². The second-order valence-electron chi connectivity index (χ2n) is 4.43. The number of halogens is 2. The first-order chi connectivity index (χ1) is 9.29. The highest BCUT2D eigenvalue weighted by Gasteiger charge is 2.11. The molecule has 106 valence electrons. The van der Waals surface area contributed by atoms with Crippen molar-refractivity contribution in [3.05, 3.63) is 62.3 Å². The summed E-state index contributed by atoms with van der Waals surface area (Å²) >= 11 is 11.7. The third kappa shape index (κ3) is 3.26. The van der Waals surface area contributed by atoms with Crippen molar-refractivity contribution in [3.63, 3.8) is 0 Å². The molecular weight excluding hydrogens is 317 g/mol. The van der Waals surface area contributed by atoms with Gasteiger partial charge in [-0.05, 0) is 32.0 Å². The average molecular weight is 329 g/mol. The van der Waals surface area contributed by atoms with Gasteiger partial charge >= 0.3 is 0 Å². The van der Waals surface area contributed by atoms with Crippen LogP contribution in [0.3, 0.4) is 0 Å². The SMILES string of the molecule is Cc1ccc(C)c([N-]S(=O)(=O)c2cc(Cl)ccc2Cl)c1. The minimum absolute atomic E-state index is 0.0902. The maximum absolute atomic E-state index is 12.3. The minimum atomic E-state index is -3.90. The average Bonchev–Trinajstić information content (AvgIpc) is 2.36. The quantitative estimate of drug-likeness (QED) is 0.795. The largest absolute Gasteiger partial charge is 0.572 e. The second kappa shape index (κ2) is 5.64. The van der Waals surface area contributed by atoms with Gasteiger partial charge in [0, 0.05) is 5.02 Å². The first kappa shape index (κ1) is 15.2. The summed E-state index contributed by atoms with van der Waals surface area (Å²) in [5.74, 6) is 0. The van der Waals surface area contributed by atoms with Gasteiger partial charge in [0.1, 0.15) is 10.0 Å². The molecule has 2 aromatic rings. The van der Waals surface area contributed by atoms with Crippen molar-refractivity contribution in [1.29, 1.82) is 0 Å². The summed E-state index contributed by atoms with van der Waals surface area (Å²) < 4.78 is 28.5. The van der Waals surface area contributed by atoms with E-state index in [-0.39, 0.29) is 9.92 Å². The molecule has 0 fully saturated rings. The zero-order valence-corrected chi connectivity index (χ0v) is 13.2. The minimum Gasteiger partial charge on any atom is -0.572 e. The predicted octanol–water partition coefficient (Wildman–Crippen LogP) is 5.00. The van der Waals surface area contributed by atoms with Crippen molar-refractivity contribution < 1.29 is 8.42 Å². The lowest BCUT2D eigenvalue weighted by Gasteiger charge is -2.25. The topological polar surface area (TPSA) is 48.2 Å². The van der Waals surface area contributed by atoms with Gasteiger partial charge in [0.15, 0.2) is 0 Å². The Labute approximate surface area is 128 Å². The molecule has 0 radical (unpaired) electrons. The molecule has 0 aliphatic heterocycles. The van der Waals surface area contributed by atoms with Gasteiger partial charge in [-0.3, -0.25) is 0 Å². The van der Waals surface area contributed by atoms with Crippen LogP contribution >= 0.6 is 23.2 Å². The Bertz CT molecular complexity index is 758. The molecule has 0 aromatic heterocycles. The molecule has 0 unspecified atom stereocenters. The summed E-state index contributed by atoms with van der Waals surface area (Å²) in [5.41, 5.74) is 2.11. The van der Waals surface area contributed by atoms with Gasteiger partial charge in [0.2, 0.25) is 0 Å². The van der Waals surface area contributed by atoms with E-state index < -0.39 is 10.0 Å². The van der Waals surface area contributed by atoms with Crippen LogP contribution < -0.4 is 0 Å². The Hall–Kier alpha value is -1.23. The fourth-order valence-electron chi connectivity index (χ4n) is 1.67. The van der Waals surface area contributed by atoms with Crippen molar-refractivity contribution in [2.45, 2.75) is 18.7 Å². The molecular formula is C14H12Cl2NO2S-. The molecule has 0 amide bonds. The van der Waals surface area contributed by atoms with E-state index in [1.165, 1.54) is 18.2 Å². The summed E-state index contributed by atoms with van der Waals surface area (Å²) in [7, 11) is -3.90. The molecule has 0 saturated heterocycles. The molecule has 0 bridgehead atoms. The van der Waals surface area contributed by atoms with Crippen LogP contribution in [0, 0.1) is 13.8 Å². The molecule has 0 saturated carbocycles. The third-order valence-corrected chi connectivity index (χ3v) is 4.76. The number of rotatable bonds is 3. The van der Waals surface area contributed by atoms with E-state index in [9.17, 15) is 8.42 Å². The van der Waals surface area contributed by atoms with Crippen LogP contribution in [0.25, 0.3) is 4.72 Å². The number of aryl methyl sites for hydroxylation is 2. The van der Waals surface area contributed by atoms with Gasteiger partial charge in [0.25, 0.3) is 0 Å². The van der Waals surface area contributed by atoms with Gasteiger partial charge in [-0.1, -0.05) is 52.5 Å². The van der Waals surface area contributed by atoms with Crippen LogP contribution in [0.2, 0.25) is 10.0 Å². The molecule has 0 atom stereocenters. The molecule has 0 heterocycles. The van der Waals surface area contributed by atoms with Gasteiger partial charge in [-0.15, -0.1) is 5.69 Å². The van der Waals surface area contributed by atoms with Gasteiger partial charge in [-0.2, -0.15) is 0 Å².